The van der Waals surface area contributed by atoms with Crippen LogP contribution >= 0.6 is 11.6 Å². The summed E-state index contributed by atoms with van der Waals surface area (Å²) in [7, 11) is 0. The predicted octanol–water partition coefficient (Wildman–Crippen LogP) is 2.20. The highest BCUT2D eigenvalue weighted by Crippen LogP contribution is 2.14. The van der Waals surface area contributed by atoms with Gasteiger partial charge in [0.15, 0.2) is 0 Å². The standard InChI is InChI=1S/C11H14ClNO2/c1-2-13(8-10(12)11(14)15)9-6-4-3-5-7-9/h3-7,10H,2,8H2,1H3,(H,14,15). The predicted molar refractivity (Wildman–Crippen MR) is 61.6 cm³/mol. The molecule has 0 heterocycles. The Morgan fingerprint density at radius 2 is 2.07 bits per heavy atom. The molecule has 0 aliphatic heterocycles. The zero-order valence-electron chi connectivity index (χ0n) is 8.56. The van der Waals surface area contributed by atoms with Gasteiger partial charge in [-0.3, -0.25) is 4.79 Å². The Balaban J connectivity index is 2.69. The molecule has 15 heavy (non-hydrogen) atoms. The van der Waals surface area contributed by atoms with Crippen molar-refractivity contribution in [1.82, 2.24) is 0 Å². The van der Waals surface area contributed by atoms with E-state index in [1.54, 1.807) is 0 Å². The number of carboxylic acids is 1. The second-order valence-electron chi connectivity index (χ2n) is 3.18. The summed E-state index contributed by atoms with van der Waals surface area (Å²) >= 11 is 5.70. The molecular weight excluding hydrogens is 214 g/mol. The highest BCUT2D eigenvalue weighted by molar-refractivity contribution is 6.30. The van der Waals surface area contributed by atoms with E-state index in [1.807, 2.05) is 42.2 Å². The fourth-order valence-corrected chi connectivity index (χ4v) is 1.49. The first-order chi connectivity index (χ1) is 7.15. The third-order valence-corrected chi connectivity index (χ3v) is 2.48. The Morgan fingerprint density at radius 1 is 1.47 bits per heavy atom. The summed E-state index contributed by atoms with van der Waals surface area (Å²) in [6.45, 7) is 3.02. The zero-order chi connectivity index (χ0) is 11.3. The lowest BCUT2D eigenvalue weighted by Crippen LogP contribution is -2.33. The Morgan fingerprint density at radius 3 is 2.53 bits per heavy atom. The summed E-state index contributed by atoms with van der Waals surface area (Å²) in [6.07, 6.45) is 0. The lowest BCUT2D eigenvalue weighted by atomic mass is 10.2. The maximum atomic E-state index is 10.6. The maximum Gasteiger partial charge on any atom is 0.323 e. The van der Waals surface area contributed by atoms with E-state index in [9.17, 15) is 4.79 Å². The van der Waals surface area contributed by atoms with Crippen molar-refractivity contribution in [2.24, 2.45) is 0 Å². The first kappa shape index (κ1) is 11.9. The van der Waals surface area contributed by atoms with Crippen molar-refractivity contribution < 1.29 is 9.90 Å². The van der Waals surface area contributed by atoms with Gasteiger partial charge in [-0.1, -0.05) is 18.2 Å². The smallest absolute Gasteiger partial charge is 0.323 e. The minimum Gasteiger partial charge on any atom is -0.480 e. The second-order valence-corrected chi connectivity index (χ2v) is 3.71. The van der Waals surface area contributed by atoms with Gasteiger partial charge in [0.05, 0.1) is 0 Å². The van der Waals surface area contributed by atoms with Gasteiger partial charge in [-0.25, -0.2) is 0 Å². The molecule has 0 aliphatic rings. The highest BCUT2D eigenvalue weighted by Gasteiger charge is 2.17. The summed E-state index contributed by atoms with van der Waals surface area (Å²) in [5.41, 5.74) is 0.993. The Hall–Kier alpha value is -1.22. The molecule has 1 aromatic carbocycles. The van der Waals surface area contributed by atoms with Gasteiger partial charge >= 0.3 is 5.97 Å². The minimum atomic E-state index is -0.981. The highest BCUT2D eigenvalue weighted by atomic mass is 35.5. The monoisotopic (exact) mass is 227 g/mol. The number of carboxylic acid groups (broad SMARTS) is 1. The number of carbonyl (C=O) groups is 1. The van der Waals surface area contributed by atoms with Crippen LogP contribution in [0.1, 0.15) is 6.92 Å². The van der Waals surface area contributed by atoms with Gasteiger partial charge in [-0.15, -0.1) is 11.6 Å². The van der Waals surface area contributed by atoms with Gasteiger partial charge in [0, 0.05) is 18.8 Å². The number of aliphatic carboxylic acids is 1. The van der Waals surface area contributed by atoms with Crippen LogP contribution in [0.15, 0.2) is 30.3 Å². The number of para-hydroxylation sites is 1. The molecule has 1 aromatic rings. The third-order valence-electron chi connectivity index (χ3n) is 2.15. The summed E-state index contributed by atoms with van der Waals surface area (Å²) in [4.78, 5) is 12.6. The molecule has 3 nitrogen and oxygen atoms in total. The molecule has 0 fully saturated rings. The first-order valence-corrected chi connectivity index (χ1v) is 5.25. The quantitative estimate of drug-likeness (QED) is 0.785. The van der Waals surface area contributed by atoms with E-state index < -0.39 is 11.3 Å². The fraction of sp³-hybridized carbons (Fsp3) is 0.364. The summed E-state index contributed by atoms with van der Waals surface area (Å²) in [6, 6.07) is 9.64. The van der Waals surface area contributed by atoms with E-state index in [0.717, 1.165) is 12.2 Å². The van der Waals surface area contributed by atoms with Crippen LogP contribution < -0.4 is 4.90 Å². The van der Waals surface area contributed by atoms with Crippen LogP contribution in [0.2, 0.25) is 0 Å². The topological polar surface area (TPSA) is 40.5 Å². The zero-order valence-corrected chi connectivity index (χ0v) is 9.31. The van der Waals surface area contributed by atoms with Crippen LogP contribution in [0.25, 0.3) is 0 Å². The van der Waals surface area contributed by atoms with Crippen LogP contribution in [-0.4, -0.2) is 29.5 Å². The van der Waals surface area contributed by atoms with E-state index in [4.69, 9.17) is 16.7 Å². The maximum absolute atomic E-state index is 10.6. The fourth-order valence-electron chi connectivity index (χ4n) is 1.33. The van der Waals surface area contributed by atoms with Crippen LogP contribution in [0.3, 0.4) is 0 Å². The van der Waals surface area contributed by atoms with E-state index in [2.05, 4.69) is 0 Å². The third kappa shape index (κ3) is 3.44. The van der Waals surface area contributed by atoms with Crippen LogP contribution in [-0.2, 0) is 4.79 Å². The average Bonchev–Trinajstić information content (AvgIpc) is 2.26. The van der Waals surface area contributed by atoms with Crippen LogP contribution in [0.5, 0.6) is 0 Å². The molecule has 1 atom stereocenters. The lowest BCUT2D eigenvalue weighted by molar-refractivity contribution is -0.136. The largest absolute Gasteiger partial charge is 0.480 e. The Bertz CT molecular complexity index is 316. The molecule has 0 aliphatic carbocycles. The molecular formula is C11H14ClNO2. The van der Waals surface area contributed by atoms with E-state index in [1.165, 1.54) is 0 Å². The number of anilines is 1. The molecule has 0 radical (unpaired) electrons. The number of hydrogen-bond acceptors (Lipinski definition) is 2. The van der Waals surface area contributed by atoms with E-state index in [0.29, 0.717) is 6.54 Å². The normalized spacial score (nSPS) is 12.1. The van der Waals surface area contributed by atoms with Crippen molar-refractivity contribution in [1.29, 1.82) is 0 Å². The molecule has 0 saturated carbocycles. The van der Waals surface area contributed by atoms with Crippen molar-refractivity contribution in [2.75, 3.05) is 18.0 Å². The summed E-state index contributed by atoms with van der Waals surface area (Å²) in [5.74, 6) is -0.981. The van der Waals surface area contributed by atoms with Crippen molar-refractivity contribution in [3.63, 3.8) is 0 Å². The number of alkyl halides is 1. The summed E-state index contributed by atoms with van der Waals surface area (Å²) < 4.78 is 0. The van der Waals surface area contributed by atoms with Gasteiger partial charge < -0.3 is 10.0 Å². The van der Waals surface area contributed by atoms with Gasteiger partial charge in [0.2, 0.25) is 0 Å². The Labute approximate surface area is 94.3 Å². The van der Waals surface area contributed by atoms with E-state index in [-0.39, 0.29) is 0 Å². The van der Waals surface area contributed by atoms with Gasteiger partial charge in [0.25, 0.3) is 0 Å². The number of halogens is 1. The number of benzene rings is 1. The number of nitrogens with zero attached hydrogens (tertiary/aromatic N) is 1. The van der Waals surface area contributed by atoms with Crippen molar-refractivity contribution in [3.8, 4) is 0 Å². The lowest BCUT2D eigenvalue weighted by Gasteiger charge is -2.24. The summed E-state index contributed by atoms with van der Waals surface area (Å²) in [5, 5.41) is 7.84. The van der Waals surface area contributed by atoms with Crippen molar-refractivity contribution >= 4 is 23.3 Å². The molecule has 0 aromatic heterocycles. The van der Waals surface area contributed by atoms with Crippen LogP contribution in [0.4, 0.5) is 5.69 Å². The molecule has 1 N–H and O–H groups in total. The number of rotatable bonds is 5. The molecule has 82 valence electrons. The molecule has 4 heteroatoms. The second kappa shape index (κ2) is 5.61. The molecule has 0 saturated heterocycles. The molecule has 1 unspecified atom stereocenters. The van der Waals surface area contributed by atoms with Crippen LogP contribution in [0, 0.1) is 0 Å². The van der Waals surface area contributed by atoms with Gasteiger partial charge in [-0.05, 0) is 19.1 Å². The molecule has 1 rings (SSSR count). The van der Waals surface area contributed by atoms with Gasteiger partial charge in [-0.2, -0.15) is 0 Å². The first-order valence-electron chi connectivity index (χ1n) is 4.82. The van der Waals surface area contributed by atoms with E-state index >= 15 is 0 Å². The molecule has 0 bridgehead atoms. The average molecular weight is 228 g/mol. The minimum absolute atomic E-state index is 0.317. The number of hydrogen-bond donors (Lipinski definition) is 1. The SMILES string of the molecule is CCN(CC(Cl)C(=O)O)c1ccccc1. The van der Waals surface area contributed by atoms with Gasteiger partial charge in [0.1, 0.15) is 5.38 Å². The van der Waals surface area contributed by atoms with Crippen molar-refractivity contribution in [3.05, 3.63) is 30.3 Å². The Kier molecular flexibility index (Phi) is 4.43. The molecule has 0 amide bonds. The van der Waals surface area contributed by atoms with Crippen molar-refractivity contribution in [2.45, 2.75) is 12.3 Å². The molecule has 0 spiro atoms.